The molecule has 1 spiro atoms. The van der Waals surface area contributed by atoms with Crippen molar-refractivity contribution in [3.05, 3.63) is 63.4 Å². The summed E-state index contributed by atoms with van der Waals surface area (Å²) in [7, 11) is 0. The number of fused-ring (bicyclic) bond motifs is 2. The van der Waals surface area contributed by atoms with Crippen LogP contribution in [-0.2, 0) is 19.8 Å². The minimum atomic E-state index is -1.29. The molecule has 0 radical (unpaired) electrons. The zero-order valence-corrected chi connectivity index (χ0v) is 22.8. The van der Waals surface area contributed by atoms with E-state index >= 15 is 0 Å². The second kappa shape index (κ2) is 10.4. The molecule has 2 aromatic rings. The molecule has 2 aliphatic heterocycles. The summed E-state index contributed by atoms with van der Waals surface area (Å²) in [5.74, 6) is -2.13. The summed E-state index contributed by atoms with van der Waals surface area (Å²) in [6, 6.07) is 8.53. The van der Waals surface area contributed by atoms with Crippen molar-refractivity contribution in [1.29, 1.82) is 0 Å². The first-order valence-electron chi connectivity index (χ1n) is 12.4. The van der Waals surface area contributed by atoms with Crippen LogP contribution in [-0.4, -0.2) is 36.7 Å². The molecule has 1 saturated heterocycles. The number of amides is 2. The van der Waals surface area contributed by atoms with Crippen LogP contribution in [0.25, 0.3) is 0 Å². The van der Waals surface area contributed by atoms with Crippen molar-refractivity contribution in [2.45, 2.75) is 64.0 Å². The van der Waals surface area contributed by atoms with Gasteiger partial charge < -0.3 is 20.7 Å². The molecular weight excluding hydrogens is 516 g/mol. The first-order valence-corrected chi connectivity index (χ1v) is 13.2. The van der Waals surface area contributed by atoms with Gasteiger partial charge in [-0.2, -0.15) is 0 Å². The molecule has 6 nitrogen and oxygen atoms in total. The maximum Gasteiger partial charge on any atom is 0.237 e. The highest BCUT2D eigenvalue weighted by atomic mass is 35.5. The van der Waals surface area contributed by atoms with Gasteiger partial charge in [-0.15, -0.1) is 0 Å². The van der Waals surface area contributed by atoms with Gasteiger partial charge in [0.2, 0.25) is 11.8 Å². The molecule has 0 aliphatic carbocycles. The SMILES string of the molecule is C[C@H](C=O)CCNC(=O)[C@@H]1N[C@H](CC(C)(C)C)[C@]2(C(=O)Nc3cc(Cl)c(F)cc32)[C@H]1c1cccc(Cl)c1. The molecule has 2 aromatic carbocycles. The van der Waals surface area contributed by atoms with Crippen molar-refractivity contribution in [1.82, 2.24) is 10.6 Å². The summed E-state index contributed by atoms with van der Waals surface area (Å²) in [6.45, 7) is 8.27. The van der Waals surface area contributed by atoms with E-state index in [9.17, 15) is 18.8 Å². The van der Waals surface area contributed by atoms with Crippen molar-refractivity contribution in [2.75, 3.05) is 11.9 Å². The van der Waals surface area contributed by atoms with E-state index in [1.807, 2.05) is 6.07 Å². The molecule has 37 heavy (non-hydrogen) atoms. The lowest BCUT2D eigenvalue weighted by Gasteiger charge is -2.37. The van der Waals surface area contributed by atoms with E-state index < -0.39 is 29.2 Å². The Balaban J connectivity index is 1.89. The first kappa shape index (κ1) is 27.6. The Labute approximate surface area is 226 Å². The molecule has 5 atom stereocenters. The van der Waals surface area contributed by atoms with Crippen molar-refractivity contribution in [3.63, 3.8) is 0 Å². The van der Waals surface area contributed by atoms with Crippen LogP contribution in [0, 0.1) is 17.2 Å². The summed E-state index contributed by atoms with van der Waals surface area (Å²) < 4.78 is 14.9. The van der Waals surface area contributed by atoms with E-state index in [1.165, 1.54) is 12.1 Å². The van der Waals surface area contributed by atoms with E-state index in [2.05, 4.69) is 36.7 Å². The summed E-state index contributed by atoms with van der Waals surface area (Å²) in [5.41, 5.74) is 0.0799. The molecule has 0 aromatic heterocycles. The standard InChI is InChI=1S/C28H32Cl2FN3O3/c1-15(14-35)8-9-32-25(36)24-23(16-6-5-7-17(29)10-16)28(22(34-24)13-27(2,3)4)18-11-20(31)19(30)12-21(18)33-26(28)37/h5-7,10-12,14-15,22-24,34H,8-9,13H2,1-4H3,(H,32,36)(H,33,37)/t15-,22+,23-,24+,28-/m0/s1. The molecule has 198 valence electrons. The predicted octanol–water partition coefficient (Wildman–Crippen LogP) is 5.22. The van der Waals surface area contributed by atoms with E-state index in [1.54, 1.807) is 25.1 Å². The summed E-state index contributed by atoms with van der Waals surface area (Å²) in [6.07, 6.45) is 1.88. The van der Waals surface area contributed by atoms with Gasteiger partial charge in [0.15, 0.2) is 0 Å². The zero-order chi connectivity index (χ0) is 27.1. The third-order valence-corrected chi connectivity index (χ3v) is 7.85. The maximum absolute atomic E-state index is 14.9. The highest BCUT2D eigenvalue weighted by Gasteiger charge is 2.65. The number of carbonyl (C=O) groups excluding carboxylic acids is 3. The summed E-state index contributed by atoms with van der Waals surface area (Å²) >= 11 is 12.5. The van der Waals surface area contributed by atoms with Gasteiger partial charge in [-0.3, -0.25) is 9.59 Å². The molecule has 2 heterocycles. The number of carbonyl (C=O) groups is 3. The Morgan fingerprint density at radius 1 is 1.24 bits per heavy atom. The van der Waals surface area contributed by atoms with Crippen LogP contribution in [0.4, 0.5) is 10.1 Å². The number of rotatable bonds is 7. The lowest BCUT2D eigenvalue weighted by atomic mass is 9.62. The smallest absolute Gasteiger partial charge is 0.237 e. The Morgan fingerprint density at radius 2 is 1.97 bits per heavy atom. The van der Waals surface area contributed by atoms with Gasteiger partial charge in [0.25, 0.3) is 0 Å². The topological polar surface area (TPSA) is 87.3 Å². The van der Waals surface area contributed by atoms with Crippen LogP contribution < -0.4 is 16.0 Å². The van der Waals surface area contributed by atoms with E-state index in [4.69, 9.17) is 23.2 Å². The second-order valence-electron chi connectivity index (χ2n) is 11.3. The summed E-state index contributed by atoms with van der Waals surface area (Å²) in [4.78, 5) is 38.7. The molecule has 9 heteroatoms. The predicted molar refractivity (Wildman–Crippen MR) is 144 cm³/mol. The monoisotopic (exact) mass is 547 g/mol. The number of hydrogen-bond acceptors (Lipinski definition) is 4. The van der Waals surface area contributed by atoms with E-state index in [-0.39, 0.29) is 28.2 Å². The van der Waals surface area contributed by atoms with Crippen LogP contribution in [0.5, 0.6) is 0 Å². The van der Waals surface area contributed by atoms with Gasteiger partial charge in [-0.05, 0) is 53.6 Å². The number of nitrogens with one attached hydrogen (secondary N) is 3. The van der Waals surface area contributed by atoms with Crippen molar-refractivity contribution < 1.29 is 18.8 Å². The minimum Gasteiger partial charge on any atom is -0.355 e. The van der Waals surface area contributed by atoms with Crippen LogP contribution in [0.15, 0.2) is 36.4 Å². The molecule has 4 rings (SSSR count). The Morgan fingerprint density at radius 3 is 2.62 bits per heavy atom. The van der Waals surface area contributed by atoms with Crippen molar-refractivity contribution in [3.8, 4) is 0 Å². The van der Waals surface area contributed by atoms with Gasteiger partial charge in [0.1, 0.15) is 17.5 Å². The quantitative estimate of drug-likeness (QED) is 0.414. The zero-order valence-electron chi connectivity index (χ0n) is 21.3. The van der Waals surface area contributed by atoms with Gasteiger partial charge in [-0.25, -0.2) is 4.39 Å². The molecule has 3 N–H and O–H groups in total. The van der Waals surface area contributed by atoms with Gasteiger partial charge in [-0.1, -0.05) is 63.0 Å². The second-order valence-corrected chi connectivity index (χ2v) is 12.2. The van der Waals surface area contributed by atoms with Crippen molar-refractivity contribution >= 4 is 47.0 Å². The molecule has 1 fully saturated rings. The minimum absolute atomic E-state index is 0.0904. The van der Waals surface area contributed by atoms with Crippen molar-refractivity contribution in [2.24, 2.45) is 11.3 Å². The Bertz CT molecular complexity index is 1230. The lowest BCUT2D eigenvalue weighted by Crippen LogP contribution is -2.49. The fourth-order valence-corrected chi connectivity index (χ4v) is 6.10. The highest BCUT2D eigenvalue weighted by molar-refractivity contribution is 6.31. The van der Waals surface area contributed by atoms with Crippen LogP contribution >= 0.6 is 23.2 Å². The van der Waals surface area contributed by atoms with Gasteiger partial charge in [0, 0.05) is 35.1 Å². The Kier molecular flexibility index (Phi) is 7.71. The van der Waals surface area contributed by atoms with Crippen LogP contribution in [0.3, 0.4) is 0 Å². The molecule has 0 bridgehead atoms. The fourth-order valence-electron chi connectivity index (χ4n) is 5.74. The van der Waals surface area contributed by atoms with Gasteiger partial charge in [0.05, 0.1) is 11.1 Å². The van der Waals surface area contributed by atoms with Crippen LogP contribution in [0.2, 0.25) is 10.0 Å². The van der Waals surface area contributed by atoms with E-state index in [0.29, 0.717) is 41.2 Å². The maximum atomic E-state index is 14.9. The van der Waals surface area contributed by atoms with E-state index in [0.717, 1.165) is 6.29 Å². The number of aldehydes is 1. The average Bonchev–Trinajstić information content (AvgIpc) is 3.28. The molecule has 2 amide bonds. The lowest BCUT2D eigenvalue weighted by molar-refractivity contribution is -0.124. The highest BCUT2D eigenvalue weighted by Crippen LogP contribution is 2.57. The molecule has 0 saturated carbocycles. The number of hydrogen-bond donors (Lipinski definition) is 3. The third-order valence-electron chi connectivity index (χ3n) is 7.32. The fraction of sp³-hybridized carbons (Fsp3) is 0.464. The van der Waals surface area contributed by atoms with Crippen LogP contribution in [0.1, 0.15) is 57.6 Å². The largest absolute Gasteiger partial charge is 0.355 e. The first-order chi connectivity index (χ1) is 17.4. The molecule has 2 aliphatic rings. The van der Waals surface area contributed by atoms with Gasteiger partial charge >= 0.3 is 0 Å². The Hall–Kier alpha value is -2.48. The average molecular weight is 548 g/mol. The third kappa shape index (κ3) is 5.14. The molecule has 0 unspecified atom stereocenters. The normalized spacial score (nSPS) is 25.6. The number of anilines is 1. The number of halogens is 3. The number of benzene rings is 2. The summed E-state index contributed by atoms with van der Waals surface area (Å²) in [5, 5.41) is 9.69. The molecular formula is C28H32Cl2FN3O3.